The molecule has 2 aromatic rings. The quantitative estimate of drug-likeness (QED) is 0.673. The molecular weight excluding hydrogens is 310 g/mol. The van der Waals surface area contributed by atoms with E-state index < -0.39 is 16.5 Å². The molecule has 0 spiro atoms. The predicted octanol–water partition coefficient (Wildman–Crippen LogP) is 5.99. The summed E-state index contributed by atoms with van der Waals surface area (Å²) in [6.45, 7) is 18.2. The molecule has 0 aliphatic rings. The lowest BCUT2D eigenvalue weighted by atomic mass is 10.0. The number of benzene rings is 2. The van der Waals surface area contributed by atoms with Gasteiger partial charge in [0.25, 0.3) is 0 Å². The molecule has 0 aliphatic heterocycles. The van der Waals surface area contributed by atoms with Crippen LogP contribution < -0.4 is 4.65 Å². The zero-order valence-corrected chi connectivity index (χ0v) is 17.5. The Bertz CT molecular complexity index is 540. The van der Waals surface area contributed by atoms with E-state index in [-0.39, 0.29) is 0 Å². The summed E-state index contributed by atoms with van der Waals surface area (Å²) < 4.78 is 3.74. The largest absolute Gasteiger partial charge is 0.360 e. The Hall–Kier alpha value is -1.43. The van der Waals surface area contributed by atoms with Crippen LogP contribution in [0.3, 0.4) is 0 Å². The molecule has 0 fully saturated rings. The molecule has 0 heterocycles. The van der Waals surface area contributed by atoms with Gasteiger partial charge in [-0.25, -0.2) is 0 Å². The summed E-state index contributed by atoms with van der Waals surface area (Å²) in [5.74, 6) is 0. The number of nitrogens with one attached hydrogen (secondary N) is 1. The normalized spacial score (nSPS) is 11.4. The summed E-state index contributed by atoms with van der Waals surface area (Å²) in [4.78, 5) is 0. The minimum atomic E-state index is -0.981. The van der Waals surface area contributed by atoms with Crippen LogP contribution in [0.25, 0.3) is 5.57 Å². The van der Waals surface area contributed by atoms with Crippen molar-refractivity contribution in [2.24, 2.45) is 0 Å². The lowest BCUT2D eigenvalue weighted by Crippen LogP contribution is -2.55. The predicted molar refractivity (Wildman–Crippen MR) is 111 cm³/mol. The van der Waals surface area contributed by atoms with Gasteiger partial charge >= 0.3 is 0 Å². The topological polar surface area (TPSA) is 12.0 Å². The van der Waals surface area contributed by atoms with E-state index in [2.05, 4.69) is 74.8 Å². The van der Waals surface area contributed by atoms with E-state index in [4.69, 9.17) is 0 Å². The fourth-order valence-corrected chi connectivity index (χ4v) is 11.6. The van der Waals surface area contributed by atoms with E-state index in [1.807, 2.05) is 36.4 Å². The Kier molecular flexibility index (Phi) is 7.19. The van der Waals surface area contributed by atoms with Gasteiger partial charge in [0.2, 0.25) is 0 Å². The molecule has 0 saturated heterocycles. The lowest BCUT2D eigenvalue weighted by Gasteiger charge is -2.28. The van der Waals surface area contributed by atoms with Crippen LogP contribution in [0.5, 0.6) is 0 Å². The van der Waals surface area contributed by atoms with Gasteiger partial charge in [0.1, 0.15) is 16.5 Å². The molecular formula is C20H31NSi2. The first-order valence-electron chi connectivity index (χ1n) is 8.17. The van der Waals surface area contributed by atoms with E-state index in [1.54, 1.807) is 0 Å². The number of hydrogen-bond donors (Lipinski definition) is 1. The van der Waals surface area contributed by atoms with Crippen molar-refractivity contribution in [2.75, 3.05) is 0 Å². The third kappa shape index (κ3) is 8.69. The summed E-state index contributed by atoms with van der Waals surface area (Å²) in [5, 5.41) is 0. The molecule has 0 aliphatic carbocycles. The molecule has 0 atom stereocenters. The average molecular weight is 342 g/mol. The standard InChI is InChI=1S/C14H12.C6H19NSi2/c1-12(13-8-4-2-5-9-13)14-10-6-3-7-11-14;1-8(2,3)7-9(4,5)6/h2-11H,1H2;7H,1-6H3. The first kappa shape index (κ1) is 19.6. The molecule has 3 heteroatoms. The maximum atomic E-state index is 4.10. The molecule has 0 bridgehead atoms. The van der Waals surface area contributed by atoms with Gasteiger partial charge in [0, 0.05) is 0 Å². The Morgan fingerprint density at radius 2 is 0.957 bits per heavy atom. The van der Waals surface area contributed by atoms with Crippen molar-refractivity contribution in [3.8, 4) is 0 Å². The van der Waals surface area contributed by atoms with Crippen LogP contribution >= 0.6 is 0 Å². The number of rotatable bonds is 4. The van der Waals surface area contributed by atoms with Crippen molar-refractivity contribution in [1.29, 1.82) is 0 Å². The van der Waals surface area contributed by atoms with Gasteiger partial charge in [-0.05, 0) is 16.7 Å². The highest BCUT2D eigenvalue weighted by Crippen LogP contribution is 2.20. The summed E-state index contributed by atoms with van der Waals surface area (Å²) in [6.07, 6.45) is 0. The molecule has 2 aromatic carbocycles. The van der Waals surface area contributed by atoms with Crippen LogP contribution in [-0.2, 0) is 0 Å². The summed E-state index contributed by atoms with van der Waals surface area (Å²) in [6, 6.07) is 20.5. The zero-order valence-electron chi connectivity index (χ0n) is 15.5. The average Bonchev–Trinajstić information content (AvgIpc) is 2.45. The van der Waals surface area contributed by atoms with Crippen LogP contribution in [0.2, 0.25) is 39.3 Å². The Labute approximate surface area is 144 Å². The van der Waals surface area contributed by atoms with Gasteiger partial charge in [-0.3, -0.25) is 0 Å². The summed E-state index contributed by atoms with van der Waals surface area (Å²) >= 11 is 0. The minimum absolute atomic E-state index is 0.981. The SMILES string of the molecule is C=C(c1ccccc1)c1ccccc1.C[Si](C)(C)N[Si](C)(C)C. The van der Waals surface area contributed by atoms with Crippen molar-refractivity contribution >= 4 is 22.0 Å². The van der Waals surface area contributed by atoms with E-state index in [1.165, 1.54) is 11.1 Å². The van der Waals surface area contributed by atoms with Crippen LogP contribution in [0.15, 0.2) is 67.2 Å². The first-order chi connectivity index (χ1) is 10.6. The van der Waals surface area contributed by atoms with Crippen molar-refractivity contribution in [2.45, 2.75) is 39.3 Å². The van der Waals surface area contributed by atoms with E-state index in [0.29, 0.717) is 0 Å². The van der Waals surface area contributed by atoms with Gasteiger partial charge in [-0.15, -0.1) is 0 Å². The highest BCUT2D eigenvalue weighted by molar-refractivity contribution is 6.90. The Morgan fingerprint density at radius 3 is 1.17 bits per heavy atom. The van der Waals surface area contributed by atoms with Crippen molar-refractivity contribution < 1.29 is 0 Å². The molecule has 0 aromatic heterocycles. The number of hydrogen-bond acceptors (Lipinski definition) is 1. The molecule has 0 amide bonds. The van der Waals surface area contributed by atoms with Crippen LogP contribution in [-0.4, -0.2) is 16.5 Å². The molecule has 1 N–H and O–H groups in total. The van der Waals surface area contributed by atoms with Crippen LogP contribution in [0.1, 0.15) is 11.1 Å². The maximum absolute atomic E-state index is 4.10. The minimum Gasteiger partial charge on any atom is -0.360 e. The van der Waals surface area contributed by atoms with E-state index in [0.717, 1.165) is 5.57 Å². The molecule has 0 radical (unpaired) electrons. The Morgan fingerprint density at radius 1 is 0.652 bits per heavy atom. The van der Waals surface area contributed by atoms with Crippen LogP contribution in [0, 0.1) is 0 Å². The van der Waals surface area contributed by atoms with Crippen molar-refractivity contribution in [3.05, 3.63) is 78.4 Å². The smallest absolute Gasteiger partial charge is 0.109 e. The highest BCUT2D eigenvalue weighted by Gasteiger charge is 2.22. The molecule has 124 valence electrons. The fourth-order valence-electron chi connectivity index (χ4n) is 2.57. The molecule has 1 nitrogen and oxygen atoms in total. The molecule has 23 heavy (non-hydrogen) atoms. The molecule has 0 saturated carbocycles. The second-order valence-electron chi connectivity index (χ2n) is 7.84. The fraction of sp³-hybridized carbons (Fsp3) is 0.300. The molecule has 2 rings (SSSR count). The van der Waals surface area contributed by atoms with Crippen molar-refractivity contribution in [1.82, 2.24) is 4.65 Å². The second kappa shape index (κ2) is 8.43. The highest BCUT2D eigenvalue weighted by atomic mass is 28.4. The third-order valence-corrected chi connectivity index (χ3v) is 8.99. The second-order valence-corrected chi connectivity index (χ2v) is 17.8. The van der Waals surface area contributed by atoms with E-state index in [9.17, 15) is 0 Å². The summed E-state index contributed by atoms with van der Waals surface area (Å²) in [7, 11) is -1.96. The van der Waals surface area contributed by atoms with Gasteiger partial charge in [0.05, 0.1) is 0 Å². The Balaban J connectivity index is 0.000000257. The van der Waals surface area contributed by atoms with Gasteiger partial charge in [0.15, 0.2) is 0 Å². The monoisotopic (exact) mass is 341 g/mol. The lowest BCUT2D eigenvalue weighted by molar-refractivity contribution is 1.30. The van der Waals surface area contributed by atoms with Crippen LogP contribution in [0.4, 0.5) is 0 Å². The summed E-state index contributed by atoms with van der Waals surface area (Å²) in [5.41, 5.74) is 3.43. The van der Waals surface area contributed by atoms with Gasteiger partial charge in [-0.2, -0.15) is 0 Å². The van der Waals surface area contributed by atoms with E-state index >= 15 is 0 Å². The molecule has 0 unspecified atom stereocenters. The zero-order chi connectivity index (χ0) is 17.5. The van der Waals surface area contributed by atoms with Gasteiger partial charge in [-0.1, -0.05) is 107 Å². The third-order valence-electron chi connectivity index (χ3n) is 2.99. The first-order valence-corrected chi connectivity index (χ1v) is 15.2. The van der Waals surface area contributed by atoms with Gasteiger partial charge < -0.3 is 4.65 Å². The maximum Gasteiger partial charge on any atom is 0.109 e. The van der Waals surface area contributed by atoms with Crippen molar-refractivity contribution in [3.63, 3.8) is 0 Å².